The number of nitriles is 1. The standard InChI is InChI=1S/C13H16FN3O3S/c1-3-17(4-2)13(18)9-16-21(19,20)12-7-5-6-11(14)10(12)8-15/h5-7,16H,3-4,9H2,1-2H3. The Morgan fingerprint density at radius 2 is 2.00 bits per heavy atom. The number of hydrogen-bond donors (Lipinski definition) is 1. The average molecular weight is 313 g/mol. The number of sulfonamides is 1. The Bertz CT molecular complexity index is 664. The minimum Gasteiger partial charge on any atom is -0.342 e. The second-order valence-corrected chi connectivity index (χ2v) is 5.85. The minimum atomic E-state index is -4.13. The van der Waals surface area contributed by atoms with Gasteiger partial charge in [0.1, 0.15) is 22.3 Å². The molecule has 0 spiro atoms. The number of nitrogens with zero attached hydrogens (tertiary/aromatic N) is 2. The average Bonchev–Trinajstić information content (AvgIpc) is 2.46. The molecule has 0 unspecified atom stereocenters. The van der Waals surface area contributed by atoms with Gasteiger partial charge in [-0.25, -0.2) is 17.5 Å². The summed E-state index contributed by atoms with van der Waals surface area (Å²) in [4.78, 5) is 12.7. The first kappa shape index (κ1) is 17.1. The van der Waals surface area contributed by atoms with Crippen LogP contribution < -0.4 is 4.72 Å². The van der Waals surface area contributed by atoms with Gasteiger partial charge in [-0.15, -0.1) is 0 Å². The van der Waals surface area contributed by atoms with Crippen molar-refractivity contribution in [1.82, 2.24) is 9.62 Å². The summed E-state index contributed by atoms with van der Waals surface area (Å²) in [5.41, 5.74) is -0.569. The van der Waals surface area contributed by atoms with E-state index in [0.29, 0.717) is 13.1 Å². The molecule has 1 aromatic carbocycles. The molecule has 0 aromatic heterocycles. The van der Waals surface area contributed by atoms with Crippen LogP contribution in [0.1, 0.15) is 19.4 Å². The number of amides is 1. The second kappa shape index (κ2) is 7.15. The van der Waals surface area contributed by atoms with Crippen molar-refractivity contribution >= 4 is 15.9 Å². The van der Waals surface area contributed by atoms with Gasteiger partial charge in [0, 0.05) is 13.1 Å². The Labute approximate surface area is 123 Å². The Morgan fingerprint density at radius 3 is 2.52 bits per heavy atom. The van der Waals surface area contributed by atoms with E-state index in [4.69, 9.17) is 5.26 Å². The molecule has 1 N–H and O–H groups in total. The second-order valence-electron chi connectivity index (χ2n) is 4.12. The first-order valence-electron chi connectivity index (χ1n) is 6.33. The van der Waals surface area contributed by atoms with Crippen LogP contribution in [-0.2, 0) is 14.8 Å². The fourth-order valence-corrected chi connectivity index (χ4v) is 2.90. The maximum atomic E-state index is 13.4. The molecule has 0 atom stereocenters. The van der Waals surface area contributed by atoms with E-state index in [1.54, 1.807) is 13.8 Å². The monoisotopic (exact) mass is 313 g/mol. The summed E-state index contributed by atoms with van der Waals surface area (Å²) in [6.45, 7) is 4.03. The SMILES string of the molecule is CCN(CC)C(=O)CNS(=O)(=O)c1cccc(F)c1C#N. The molecular formula is C13H16FN3O3S. The number of carbonyl (C=O) groups is 1. The van der Waals surface area contributed by atoms with Gasteiger partial charge in [-0.1, -0.05) is 6.07 Å². The zero-order valence-electron chi connectivity index (χ0n) is 11.8. The Morgan fingerprint density at radius 1 is 1.38 bits per heavy atom. The molecule has 0 aliphatic carbocycles. The fraction of sp³-hybridized carbons (Fsp3) is 0.385. The number of hydrogen-bond acceptors (Lipinski definition) is 4. The predicted octanol–water partition coefficient (Wildman–Crippen LogP) is 0.844. The molecule has 0 aliphatic rings. The van der Waals surface area contributed by atoms with Crippen LogP contribution in [0.2, 0.25) is 0 Å². The van der Waals surface area contributed by atoms with Crippen molar-refractivity contribution < 1.29 is 17.6 Å². The predicted molar refractivity (Wildman–Crippen MR) is 74.2 cm³/mol. The first-order valence-corrected chi connectivity index (χ1v) is 7.81. The third-order valence-corrected chi connectivity index (χ3v) is 4.35. The van der Waals surface area contributed by atoms with E-state index in [1.807, 2.05) is 0 Å². The smallest absolute Gasteiger partial charge is 0.242 e. The highest BCUT2D eigenvalue weighted by Crippen LogP contribution is 2.17. The molecule has 0 fully saturated rings. The maximum Gasteiger partial charge on any atom is 0.242 e. The summed E-state index contributed by atoms with van der Waals surface area (Å²) in [6.07, 6.45) is 0. The van der Waals surface area contributed by atoms with Crippen LogP contribution in [0.5, 0.6) is 0 Å². The maximum absolute atomic E-state index is 13.4. The molecule has 1 aromatic rings. The lowest BCUT2D eigenvalue weighted by atomic mass is 10.2. The first-order chi connectivity index (χ1) is 9.87. The number of likely N-dealkylation sites (N-methyl/N-ethyl adjacent to an activating group) is 1. The molecule has 114 valence electrons. The van der Waals surface area contributed by atoms with Gasteiger partial charge < -0.3 is 4.90 Å². The summed E-state index contributed by atoms with van der Waals surface area (Å²) in [7, 11) is -4.13. The van der Waals surface area contributed by atoms with Gasteiger partial charge >= 0.3 is 0 Å². The molecule has 21 heavy (non-hydrogen) atoms. The Kier molecular flexibility index (Phi) is 5.81. The van der Waals surface area contributed by atoms with E-state index in [2.05, 4.69) is 4.72 Å². The Balaban J connectivity index is 2.97. The molecule has 0 saturated heterocycles. The minimum absolute atomic E-state index is 0.390. The zero-order chi connectivity index (χ0) is 16.0. The molecule has 1 amide bonds. The van der Waals surface area contributed by atoms with Crippen LogP contribution in [0.15, 0.2) is 23.1 Å². The lowest BCUT2D eigenvalue weighted by Gasteiger charge is -2.18. The number of nitrogens with one attached hydrogen (secondary N) is 1. The van der Waals surface area contributed by atoms with Crippen molar-refractivity contribution in [2.45, 2.75) is 18.7 Å². The van der Waals surface area contributed by atoms with E-state index < -0.39 is 38.8 Å². The van der Waals surface area contributed by atoms with Crippen LogP contribution in [-0.4, -0.2) is 38.9 Å². The van der Waals surface area contributed by atoms with Crippen molar-refractivity contribution in [3.63, 3.8) is 0 Å². The third-order valence-electron chi connectivity index (χ3n) is 2.91. The third kappa shape index (κ3) is 4.00. The van der Waals surface area contributed by atoms with Gasteiger partial charge in [0.05, 0.1) is 6.54 Å². The quantitative estimate of drug-likeness (QED) is 0.843. The summed E-state index contributed by atoms with van der Waals surface area (Å²) in [6, 6.07) is 4.82. The lowest BCUT2D eigenvalue weighted by Crippen LogP contribution is -2.40. The summed E-state index contributed by atoms with van der Waals surface area (Å²) in [5, 5.41) is 8.85. The highest BCUT2D eigenvalue weighted by atomic mass is 32.2. The van der Waals surface area contributed by atoms with Gasteiger partial charge in [-0.05, 0) is 26.0 Å². The topological polar surface area (TPSA) is 90.3 Å². The molecule has 0 heterocycles. The molecular weight excluding hydrogens is 297 g/mol. The van der Waals surface area contributed by atoms with E-state index in [1.165, 1.54) is 17.0 Å². The van der Waals surface area contributed by atoms with Crippen LogP contribution in [0, 0.1) is 17.1 Å². The summed E-state index contributed by atoms with van der Waals surface area (Å²) >= 11 is 0. The van der Waals surface area contributed by atoms with Gasteiger partial charge in [-0.2, -0.15) is 5.26 Å². The van der Waals surface area contributed by atoms with Crippen LogP contribution in [0.25, 0.3) is 0 Å². The van der Waals surface area contributed by atoms with Crippen molar-refractivity contribution in [2.24, 2.45) is 0 Å². The van der Waals surface area contributed by atoms with E-state index in [0.717, 1.165) is 12.1 Å². The molecule has 0 saturated carbocycles. The molecule has 6 nitrogen and oxygen atoms in total. The zero-order valence-corrected chi connectivity index (χ0v) is 12.6. The fourth-order valence-electron chi connectivity index (χ4n) is 1.76. The van der Waals surface area contributed by atoms with E-state index >= 15 is 0 Å². The Hall–Kier alpha value is -1.98. The molecule has 1 rings (SSSR count). The normalized spacial score (nSPS) is 11.0. The molecule has 8 heteroatoms. The molecule has 0 aliphatic heterocycles. The highest BCUT2D eigenvalue weighted by Gasteiger charge is 2.22. The number of benzene rings is 1. The summed E-state index contributed by atoms with van der Waals surface area (Å²) in [5.74, 6) is -1.31. The lowest BCUT2D eigenvalue weighted by molar-refractivity contribution is -0.129. The van der Waals surface area contributed by atoms with Crippen LogP contribution in [0.4, 0.5) is 4.39 Å². The highest BCUT2D eigenvalue weighted by molar-refractivity contribution is 7.89. The molecule has 0 radical (unpaired) electrons. The molecule has 0 bridgehead atoms. The number of rotatable bonds is 6. The summed E-state index contributed by atoms with van der Waals surface area (Å²) < 4.78 is 39.7. The van der Waals surface area contributed by atoms with E-state index in [9.17, 15) is 17.6 Å². The van der Waals surface area contributed by atoms with Crippen molar-refractivity contribution in [3.8, 4) is 6.07 Å². The van der Waals surface area contributed by atoms with Crippen LogP contribution >= 0.6 is 0 Å². The number of carbonyl (C=O) groups excluding carboxylic acids is 1. The largest absolute Gasteiger partial charge is 0.342 e. The van der Waals surface area contributed by atoms with E-state index in [-0.39, 0.29) is 0 Å². The van der Waals surface area contributed by atoms with Crippen molar-refractivity contribution in [3.05, 3.63) is 29.6 Å². The van der Waals surface area contributed by atoms with Crippen molar-refractivity contribution in [1.29, 1.82) is 5.26 Å². The van der Waals surface area contributed by atoms with Gasteiger partial charge in [0.25, 0.3) is 0 Å². The van der Waals surface area contributed by atoms with Gasteiger partial charge in [0.2, 0.25) is 15.9 Å². The van der Waals surface area contributed by atoms with Gasteiger partial charge in [-0.3, -0.25) is 4.79 Å². The number of halogens is 1. The van der Waals surface area contributed by atoms with Gasteiger partial charge in [0.15, 0.2) is 0 Å². The van der Waals surface area contributed by atoms with Crippen molar-refractivity contribution in [2.75, 3.05) is 19.6 Å². The van der Waals surface area contributed by atoms with Crippen LogP contribution in [0.3, 0.4) is 0 Å².